The lowest BCUT2D eigenvalue weighted by atomic mass is 10.3. The van der Waals surface area contributed by atoms with Gasteiger partial charge in [0.1, 0.15) is 4.34 Å². The van der Waals surface area contributed by atoms with Gasteiger partial charge in [-0.2, -0.15) is 0 Å². The first-order valence-corrected chi connectivity index (χ1v) is 7.32. The van der Waals surface area contributed by atoms with Crippen LogP contribution in [0.5, 0.6) is 0 Å². The molecular weight excluding hydrogens is 294 g/mol. The second-order valence-corrected chi connectivity index (χ2v) is 6.02. The van der Waals surface area contributed by atoms with Crippen LogP contribution in [0.15, 0.2) is 16.1 Å². The van der Waals surface area contributed by atoms with Crippen molar-refractivity contribution in [2.75, 3.05) is 16.4 Å². The molecule has 2 aromatic rings. The van der Waals surface area contributed by atoms with E-state index in [1.807, 2.05) is 23.1 Å². The molecule has 0 fully saturated rings. The minimum Gasteiger partial charge on any atom is -0.396 e. The van der Waals surface area contributed by atoms with Crippen LogP contribution in [0.2, 0.25) is 4.34 Å². The molecule has 7 heteroatoms. The van der Waals surface area contributed by atoms with Gasteiger partial charge in [0.2, 0.25) is 0 Å². The van der Waals surface area contributed by atoms with E-state index in [0.717, 1.165) is 16.9 Å². The Morgan fingerprint density at radius 3 is 2.65 bits per heavy atom. The molecule has 2 aromatic heterocycles. The zero-order valence-corrected chi connectivity index (χ0v) is 12.1. The highest BCUT2D eigenvalue weighted by Crippen LogP contribution is 2.32. The number of nitrogens with one attached hydrogen (secondary N) is 2. The first-order chi connectivity index (χ1) is 8.08. The molecule has 0 atom stereocenters. The second kappa shape index (κ2) is 5.22. The number of thiocarbonyl (C=S) groups is 1. The Balaban J connectivity index is 2.06. The predicted octanol–water partition coefficient (Wildman–Crippen LogP) is 4.16. The van der Waals surface area contributed by atoms with Crippen molar-refractivity contribution in [1.82, 2.24) is 0 Å². The van der Waals surface area contributed by atoms with E-state index >= 15 is 0 Å². The van der Waals surface area contributed by atoms with E-state index in [0.29, 0.717) is 15.1 Å². The highest BCUT2D eigenvalue weighted by atomic mass is 35.5. The van der Waals surface area contributed by atoms with Crippen molar-refractivity contribution in [2.45, 2.75) is 6.92 Å². The summed E-state index contributed by atoms with van der Waals surface area (Å²) in [6, 6.07) is 0. The first-order valence-electron chi connectivity index (χ1n) is 4.71. The number of aryl methyl sites for hydroxylation is 1. The molecule has 3 nitrogen and oxygen atoms in total. The number of thiophene rings is 2. The van der Waals surface area contributed by atoms with Crippen molar-refractivity contribution in [3.05, 3.63) is 26.0 Å². The van der Waals surface area contributed by atoms with E-state index in [2.05, 4.69) is 10.6 Å². The molecule has 17 heavy (non-hydrogen) atoms. The maximum absolute atomic E-state index is 6.05. The molecule has 0 amide bonds. The van der Waals surface area contributed by atoms with Crippen molar-refractivity contribution in [2.24, 2.45) is 0 Å². The summed E-state index contributed by atoms with van der Waals surface area (Å²) in [5.41, 5.74) is 9.18. The molecule has 0 saturated carbocycles. The fourth-order valence-electron chi connectivity index (χ4n) is 1.24. The van der Waals surface area contributed by atoms with Gasteiger partial charge >= 0.3 is 0 Å². The van der Waals surface area contributed by atoms with Crippen LogP contribution < -0.4 is 16.4 Å². The van der Waals surface area contributed by atoms with E-state index in [1.54, 1.807) is 0 Å². The molecule has 0 saturated heterocycles. The van der Waals surface area contributed by atoms with Crippen LogP contribution in [0.4, 0.5) is 17.1 Å². The number of halogens is 1. The minimum atomic E-state index is 0.485. The smallest absolute Gasteiger partial charge is 0.175 e. The van der Waals surface area contributed by atoms with Gasteiger partial charge in [-0.3, -0.25) is 0 Å². The third-order valence-corrected chi connectivity index (χ3v) is 4.41. The Labute approximate surface area is 118 Å². The van der Waals surface area contributed by atoms with Gasteiger partial charge in [-0.15, -0.1) is 22.7 Å². The number of hydrogen-bond donors (Lipinski definition) is 3. The number of nitrogen functional groups attached to an aromatic ring is 1. The third-order valence-electron chi connectivity index (χ3n) is 2.11. The van der Waals surface area contributed by atoms with Crippen LogP contribution in [-0.2, 0) is 0 Å². The van der Waals surface area contributed by atoms with Crippen molar-refractivity contribution < 1.29 is 0 Å². The molecule has 2 heterocycles. The topological polar surface area (TPSA) is 50.1 Å². The lowest BCUT2D eigenvalue weighted by Crippen LogP contribution is -2.19. The molecule has 0 spiro atoms. The van der Waals surface area contributed by atoms with Crippen molar-refractivity contribution >= 4 is 68.7 Å². The van der Waals surface area contributed by atoms with Crippen LogP contribution in [0.3, 0.4) is 0 Å². The Bertz CT molecular complexity index is 527. The predicted molar refractivity (Wildman–Crippen MR) is 82.6 cm³/mol. The number of nitrogens with two attached hydrogens (primary N) is 1. The number of rotatable bonds is 2. The van der Waals surface area contributed by atoms with Gasteiger partial charge in [0.05, 0.1) is 17.1 Å². The molecular formula is C10H10ClN3S3. The monoisotopic (exact) mass is 303 g/mol. The quantitative estimate of drug-likeness (QED) is 0.729. The Morgan fingerprint density at radius 1 is 1.35 bits per heavy atom. The lowest BCUT2D eigenvalue weighted by molar-refractivity contribution is 1.53. The van der Waals surface area contributed by atoms with Gasteiger partial charge in [0, 0.05) is 10.8 Å². The van der Waals surface area contributed by atoms with Gasteiger partial charge < -0.3 is 16.4 Å². The van der Waals surface area contributed by atoms with E-state index < -0.39 is 0 Å². The molecule has 0 aliphatic carbocycles. The molecule has 0 aliphatic rings. The summed E-state index contributed by atoms with van der Waals surface area (Å²) in [7, 11) is 0. The fraction of sp³-hybridized carbons (Fsp3) is 0.100. The molecule has 90 valence electrons. The summed E-state index contributed by atoms with van der Waals surface area (Å²) in [5, 5.41) is 12.3. The highest BCUT2D eigenvalue weighted by molar-refractivity contribution is 7.80. The average molecular weight is 304 g/mol. The SMILES string of the molecule is Cc1csc(Cl)c1NC(=S)Nc1cscc1N. The van der Waals surface area contributed by atoms with Crippen molar-refractivity contribution in [1.29, 1.82) is 0 Å². The molecule has 0 aliphatic heterocycles. The van der Waals surface area contributed by atoms with E-state index in [4.69, 9.17) is 29.6 Å². The Kier molecular flexibility index (Phi) is 3.88. The molecule has 2 rings (SSSR count). The zero-order valence-electron chi connectivity index (χ0n) is 8.91. The van der Waals surface area contributed by atoms with Gasteiger partial charge in [-0.1, -0.05) is 11.6 Å². The summed E-state index contributed by atoms with van der Waals surface area (Å²) < 4.78 is 0.699. The number of anilines is 3. The van der Waals surface area contributed by atoms with Crippen molar-refractivity contribution in [3.8, 4) is 0 Å². The summed E-state index contributed by atoms with van der Waals surface area (Å²) in [6.45, 7) is 1.98. The largest absolute Gasteiger partial charge is 0.396 e. The molecule has 0 aromatic carbocycles. The van der Waals surface area contributed by atoms with E-state index in [1.165, 1.54) is 22.7 Å². The summed E-state index contributed by atoms with van der Waals surface area (Å²) in [5.74, 6) is 0. The van der Waals surface area contributed by atoms with Crippen molar-refractivity contribution in [3.63, 3.8) is 0 Å². The normalized spacial score (nSPS) is 10.2. The van der Waals surface area contributed by atoms with Crippen LogP contribution in [0.25, 0.3) is 0 Å². The van der Waals surface area contributed by atoms with Gasteiger partial charge in [0.15, 0.2) is 5.11 Å². The number of hydrogen-bond acceptors (Lipinski definition) is 4. The summed E-state index contributed by atoms with van der Waals surface area (Å²) in [6.07, 6.45) is 0. The zero-order chi connectivity index (χ0) is 12.4. The molecule has 4 N–H and O–H groups in total. The summed E-state index contributed by atoms with van der Waals surface area (Å²) in [4.78, 5) is 0. The molecule has 0 bridgehead atoms. The maximum atomic E-state index is 6.05. The third kappa shape index (κ3) is 2.90. The second-order valence-electron chi connectivity index (χ2n) is 3.39. The first kappa shape index (κ1) is 12.6. The van der Waals surface area contributed by atoms with E-state index in [9.17, 15) is 0 Å². The highest BCUT2D eigenvalue weighted by Gasteiger charge is 2.09. The lowest BCUT2D eigenvalue weighted by Gasteiger charge is -2.10. The summed E-state index contributed by atoms with van der Waals surface area (Å²) >= 11 is 14.3. The molecule has 0 unspecified atom stereocenters. The standard InChI is InChI=1S/C10H10ClN3S3/c1-5-2-17-9(11)8(5)14-10(15)13-7-4-16-3-6(7)12/h2-4H,12H2,1H3,(H2,13,14,15). The molecule has 0 radical (unpaired) electrons. The maximum Gasteiger partial charge on any atom is 0.175 e. The average Bonchev–Trinajstić information content (AvgIpc) is 2.80. The van der Waals surface area contributed by atoms with Crippen LogP contribution >= 0.6 is 46.5 Å². The van der Waals surface area contributed by atoms with Gasteiger partial charge in [-0.25, -0.2) is 0 Å². The van der Waals surface area contributed by atoms with E-state index in [-0.39, 0.29) is 0 Å². The van der Waals surface area contributed by atoms with Crippen LogP contribution in [-0.4, -0.2) is 5.11 Å². The Morgan fingerprint density at radius 2 is 2.12 bits per heavy atom. The van der Waals surface area contributed by atoms with Gasteiger partial charge in [0.25, 0.3) is 0 Å². The Hall–Kier alpha value is -0.820. The van der Waals surface area contributed by atoms with Gasteiger partial charge in [-0.05, 0) is 30.1 Å². The minimum absolute atomic E-state index is 0.485. The van der Waals surface area contributed by atoms with Crippen LogP contribution in [0, 0.1) is 6.92 Å². The fourth-order valence-corrected chi connectivity index (χ4v) is 3.18. The van der Waals surface area contributed by atoms with Crippen LogP contribution in [0.1, 0.15) is 5.56 Å².